The molecule has 2 aliphatic rings. The van der Waals surface area contributed by atoms with E-state index in [1.54, 1.807) is 11.1 Å². The van der Waals surface area contributed by atoms with Crippen LogP contribution in [0.2, 0.25) is 0 Å². The number of fused-ring (bicyclic) bond motifs is 3. The fourth-order valence-electron chi connectivity index (χ4n) is 3.17. The molecular weight excluding hydrogens is 168 g/mol. The van der Waals surface area contributed by atoms with Crippen LogP contribution in [0.5, 0.6) is 0 Å². The molecule has 0 radical (unpaired) electrons. The summed E-state index contributed by atoms with van der Waals surface area (Å²) in [5, 5.41) is 0. The van der Waals surface area contributed by atoms with Gasteiger partial charge in [-0.2, -0.15) is 0 Å². The maximum absolute atomic E-state index is 2.44. The Labute approximate surface area is 85.6 Å². The molecule has 0 spiro atoms. The number of allylic oxidation sites excluding steroid dienone is 2. The molecule has 0 saturated carbocycles. The van der Waals surface area contributed by atoms with E-state index in [0.29, 0.717) is 5.41 Å². The molecule has 0 aromatic heterocycles. The van der Waals surface area contributed by atoms with Crippen molar-refractivity contribution in [3.63, 3.8) is 0 Å². The van der Waals surface area contributed by atoms with Crippen LogP contribution >= 0.6 is 0 Å². The average molecular weight is 184 g/mol. The van der Waals surface area contributed by atoms with Crippen LogP contribution < -0.4 is 0 Å². The largest absolute Gasteiger partial charge is 0.0876 e. The average Bonchev–Trinajstić information content (AvgIpc) is 2.51. The second kappa shape index (κ2) is 2.73. The summed E-state index contributed by atoms with van der Waals surface area (Å²) >= 11 is 0. The van der Waals surface area contributed by atoms with Gasteiger partial charge in [0.2, 0.25) is 0 Å². The van der Waals surface area contributed by atoms with E-state index < -0.39 is 0 Å². The third-order valence-corrected chi connectivity index (χ3v) is 4.06. The lowest BCUT2D eigenvalue weighted by Crippen LogP contribution is -2.27. The highest BCUT2D eigenvalue weighted by atomic mass is 14.4. The quantitative estimate of drug-likeness (QED) is 0.542. The zero-order valence-corrected chi connectivity index (χ0v) is 8.66. The van der Waals surface area contributed by atoms with E-state index in [1.165, 1.54) is 19.3 Å². The molecule has 0 bridgehead atoms. The van der Waals surface area contributed by atoms with Crippen molar-refractivity contribution in [2.24, 2.45) is 5.92 Å². The molecule has 1 aromatic carbocycles. The van der Waals surface area contributed by atoms with Gasteiger partial charge in [0, 0.05) is 5.41 Å². The van der Waals surface area contributed by atoms with Crippen LogP contribution in [0.15, 0.2) is 36.4 Å². The van der Waals surface area contributed by atoms with Gasteiger partial charge in [-0.05, 0) is 36.3 Å². The molecule has 2 atom stereocenters. The molecule has 0 amide bonds. The van der Waals surface area contributed by atoms with Crippen molar-refractivity contribution in [3.8, 4) is 0 Å². The lowest BCUT2D eigenvalue weighted by molar-refractivity contribution is 0.352. The van der Waals surface area contributed by atoms with Crippen molar-refractivity contribution in [1.82, 2.24) is 0 Å². The molecule has 0 heterocycles. The summed E-state index contributed by atoms with van der Waals surface area (Å²) in [4.78, 5) is 0. The minimum atomic E-state index is 0.342. The van der Waals surface area contributed by atoms with Crippen LogP contribution in [0.3, 0.4) is 0 Å². The Morgan fingerprint density at radius 3 is 3.07 bits per heavy atom. The van der Waals surface area contributed by atoms with E-state index in [0.717, 1.165) is 5.92 Å². The van der Waals surface area contributed by atoms with E-state index in [4.69, 9.17) is 0 Å². The fourth-order valence-corrected chi connectivity index (χ4v) is 3.17. The molecular formula is C14H16. The van der Waals surface area contributed by atoms with Crippen molar-refractivity contribution in [3.05, 3.63) is 47.5 Å². The van der Waals surface area contributed by atoms with E-state index >= 15 is 0 Å². The molecule has 0 fully saturated rings. The second-order valence-electron chi connectivity index (χ2n) is 4.82. The third-order valence-electron chi connectivity index (χ3n) is 4.06. The highest BCUT2D eigenvalue weighted by Crippen LogP contribution is 2.48. The number of benzene rings is 1. The molecule has 72 valence electrons. The van der Waals surface area contributed by atoms with Crippen LogP contribution in [0, 0.1) is 5.92 Å². The lowest BCUT2D eigenvalue weighted by atomic mass is 9.71. The van der Waals surface area contributed by atoms with Crippen molar-refractivity contribution in [1.29, 1.82) is 0 Å². The van der Waals surface area contributed by atoms with Gasteiger partial charge in [-0.25, -0.2) is 0 Å². The summed E-state index contributed by atoms with van der Waals surface area (Å²) < 4.78 is 0. The van der Waals surface area contributed by atoms with Crippen LogP contribution in [-0.4, -0.2) is 0 Å². The van der Waals surface area contributed by atoms with Gasteiger partial charge in [0.25, 0.3) is 0 Å². The molecule has 0 aliphatic heterocycles. The number of rotatable bonds is 0. The topological polar surface area (TPSA) is 0 Å². The lowest BCUT2D eigenvalue weighted by Gasteiger charge is -2.32. The van der Waals surface area contributed by atoms with Gasteiger partial charge in [-0.3, -0.25) is 0 Å². The Kier molecular flexibility index (Phi) is 1.61. The van der Waals surface area contributed by atoms with Gasteiger partial charge in [0.05, 0.1) is 0 Å². The normalized spacial score (nSPS) is 33.9. The van der Waals surface area contributed by atoms with Crippen LogP contribution in [0.1, 0.15) is 30.9 Å². The summed E-state index contributed by atoms with van der Waals surface area (Å²) in [6, 6.07) is 8.95. The highest BCUT2D eigenvalue weighted by Gasteiger charge is 2.41. The Morgan fingerprint density at radius 2 is 2.14 bits per heavy atom. The van der Waals surface area contributed by atoms with E-state index in [2.05, 4.69) is 43.3 Å². The number of hydrogen-bond acceptors (Lipinski definition) is 0. The van der Waals surface area contributed by atoms with Crippen LogP contribution in [0.25, 0.3) is 0 Å². The van der Waals surface area contributed by atoms with Gasteiger partial charge in [-0.1, -0.05) is 43.3 Å². The molecule has 0 saturated heterocycles. The summed E-state index contributed by atoms with van der Waals surface area (Å²) in [6.45, 7) is 2.40. The Balaban J connectivity index is 2.18. The van der Waals surface area contributed by atoms with Crippen LogP contribution in [0.4, 0.5) is 0 Å². The molecule has 0 heteroatoms. The number of hydrogen-bond donors (Lipinski definition) is 0. The molecule has 1 aromatic rings. The van der Waals surface area contributed by atoms with Gasteiger partial charge >= 0.3 is 0 Å². The van der Waals surface area contributed by atoms with Crippen LogP contribution in [-0.2, 0) is 11.8 Å². The maximum atomic E-state index is 2.44. The molecule has 2 aliphatic carbocycles. The first-order valence-electron chi connectivity index (χ1n) is 5.57. The van der Waals surface area contributed by atoms with Gasteiger partial charge in [0.1, 0.15) is 0 Å². The van der Waals surface area contributed by atoms with Gasteiger partial charge in [0.15, 0.2) is 0 Å². The van der Waals surface area contributed by atoms with E-state index in [1.807, 2.05) is 0 Å². The summed E-state index contributed by atoms with van der Waals surface area (Å²) in [6.07, 6.45) is 8.72. The smallest absolute Gasteiger partial charge is 0.0138 e. The molecule has 14 heavy (non-hydrogen) atoms. The van der Waals surface area contributed by atoms with Crippen molar-refractivity contribution in [2.45, 2.75) is 31.6 Å². The first-order valence-corrected chi connectivity index (χ1v) is 5.57. The SMILES string of the molecule is CC12C=CCCC1Cc1ccccc12. The second-order valence-corrected chi connectivity index (χ2v) is 4.82. The fraction of sp³-hybridized carbons (Fsp3) is 0.429. The van der Waals surface area contributed by atoms with Crippen molar-refractivity contribution in [2.75, 3.05) is 0 Å². The zero-order chi connectivity index (χ0) is 9.60. The molecule has 3 rings (SSSR count). The third kappa shape index (κ3) is 0.943. The highest BCUT2D eigenvalue weighted by molar-refractivity contribution is 5.44. The maximum Gasteiger partial charge on any atom is 0.0138 e. The molecule has 0 N–H and O–H groups in total. The van der Waals surface area contributed by atoms with Crippen molar-refractivity contribution < 1.29 is 0 Å². The predicted octanol–water partition coefficient (Wildman–Crippen LogP) is 3.47. The first-order chi connectivity index (χ1) is 6.81. The van der Waals surface area contributed by atoms with Gasteiger partial charge in [-0.15, -0.1) is 0 Å². The standard InChI is InChI=1S/C14H16/c1-14-9-5-4-7-12(14)10-11-6-2-3-8-13(11)14/h2-3,5-6,8-9,12H,4,7,10H2,1H3. The Hall–Kier alpha value is -1.04. The molecule has 2 unspecified atom stereocenters. The van der Waals surface area contributed by atoms with E-state index in [-0.39, 0.29) is 0 Å². The van der Waals surface area contributed by atoms with Gasteiger partial charge < -0.3 is 0 Å². The summed E-state index contributed by atoms with van der Waals surface area (Å²) in [5.41, 5.74) is 3.49. The molecule has 0 nitrogen and oxygen atoms in total. The Bertz CT molecular complexity index is 389. The van der Waals surface area contributed by atoms with E-state index in [9.17, 15) is 0 Å². The zero-order valence-electron chi connectivity index (χ0n) is 8.66. The minimum absolute atomic E-state index is 0.342. The monoisotopic (exact) mass is 184 g/mol. The first kappa shape index (κ1) is 8.28. The van der Waals surface area contributed by atoms with Crippen molar-refractivity contribution >= 4 is 0 Å². The minimum Gasteiger partial charge on any atom is -0.0876 e. The predicted molar refractivity (Wildman–Crippen MR) is 59.4 cm³/mol. The summed E-state index contributed by atoms with van der Waals surface area (Å²) in [7, 11) is 0. The Morgan fingerprint density at radius 1 is 1.29 bits per heavy atom. The summed E-state index contributed by atoms with van der Waals surface area (Å²) in [5.74, 6) is 0.852.